The Labute approximate surface area is 405 Å². The van der Waals surface area contributed by atoms with Gasteiger partial charge in [-0.15, -0.1) is 0 Å². The van der Waals surface area contributed by atoms with E-state index in [-0.39, 0.29) is 74.6 Å². The number of carbonyl (C=O) groups excluding carboxylic acids is 5. The molecule has 0 heterocycles. The van der Waals surface area contributed by atoms with E-state index >= 15 is 0 Å². The van der Waals surface area contributed by atoms with Crippen LogP contribution in [0.15, 0.2) is 0 Å². The predicted octanol–water partition coefficient (Wildman–Crippen LogP) is 13.8. The number of carbonyl (C=O) groups is 5. The largest absolute Gasteiger partial charge is 0.465 e. The molecule has 0 rings (SSSR count). The zero-order valence-electron chi connectivity index (χ0n) is 44.5. The van der Waals surface area contributed by atoms with Gasteiger partial charge in [-0.2, -0.15) is 0 Å². The van der Waals surface area contributed by atoms with E-state index in [9.17, 15) is 24.0 Å². The molecule has 0 aliphatic carbocycles. The van der Waals surface area contributed by atoms with Crippen molar-refractivity contribution in [1.29, 1.82) is 0 Å². The van der Waals surface area contributed by atoms with E-state index in [1.165, 1.54) is 64.2 Å². The third-order valence-electron chi connectivity index (χ3n) is 13.2. The van der Waals surface area contributed by atoms with Crippen molar-refractivity contribution in [2.75, 3.05) is 33.5 Å². The molecule has 0 saturated carbocycles. The summed E-state index contributed by atoms with van der Waals surface area (Å²) in [6, 6.07) is -0.117. The van der Waals surface area contributed by atoms with Gasteiger partial charge in [-0.1, -0.05) is 163 Å². The molecule has 11 nitrogen and oxygen atoms in total. The molecule has 0 aromatic heterocycles. The Balaban J connectivity index is 5.20. The Morgan fingerprint density at radius 2 is 0.803 bits per heavy atom. The molecule has 388 valence electrons. The smallest absolute Gasteiger partial charge is 0.310 e. The number of nitrogens with zero attached hydrogens (tertiary/aromatic N) is 1. The summed E-state index contributed by atoms with van der Waals surface area (Å²) >= 11 is 0. The summed E-state index contributed by atoms with van der Waals surface area (Å²) in [7, 11) is 1.97. The minimum atomic E-state index is -0.983. The van der Waals surface area contributed by atoms with Gasteiger partial charge < -0.3 is 23.7 Å². The number of unbranched alkanes of at least 4 members (excludes halogenated alkanes) is 18. The van der Waals surface area contributed by atoms with Gasteiger partial charge in [0.15, 0.2) is 6.10 Å². The molecule has 0 fully saturated rings. The molecule has 0 aromatic rings. The molecule has 5 unspecified atom stereocenters. The van der Waals surface area contributed by atoms with Crippen LogP contribution in [0.4, 0.5) is 0 Å². The molecule has 0 spiro atoms. The van der Waals surface area contributed by atoms with Crippen LogP contribution in [0, 0.1) is 17.8 Å². The van der Waals surface area contributed by atoms with Crippen molar-refractivity contribution in [3.05, 3.63) is 0 Å². The van der Waals surface area contributed by atoms with Gasteiger partial charge in [0.2, 0.25) is 0 Å². The second-order valence-corrected chi connectivity index (χ2v) is 20.2. The number of esters is 5. The standard InChI is InChI=1S/C55H103NO10/c1-11-15-19-23-25-29-37-47(35-27-21-17-13-3)53(60)62-41-33-31-39-50(57)64-43-49(44-65-52(59)45(5)46(6)56(10)55(7,8)9)66-51(58)40-32-34-42-63-54(61)48(36-28-22-18-14-4)38-30-26-24-20-16-12-2/h45-49H,11-44H2,1-10H3. The molecule has 66 heavy (non-hydrogen) atoms. The van der Waals surface area contributed by atoms with Gasteiger partial charge in [0, 0.05) is 24.4 Å². The topological polar surface area (TPSA) is 135 Å². The third-order valence-corrected chi connectivity index (χ3v) is 13.2. The van der Waals surface area contributed by atoms with E-state index in [4.69, 9.17) is 23.7 Å². The van der Waals surface area contributed by atoms with Gasteiger partial charge in [-0.3, -0.25) is 28.9 Å². The molecule has 0 saturated heterocycles. The highest BCUT2D eigenvalue weighted by molar-refractivity contribution is 5.74. The predicted molar refractivity (Wildman–Crippen MR) is 268 cm³/mol. The van der Waals surface area contributed by atoms with Crippen LogP contribution in [0.2, 0.25) is 0 Å². The summed E-state index contributed by atoms with van der Waals surface area (Å²) < 4.78 is 28.3. The molecular weight excluding hydrogens is 835 g/mol. The first-order valence-corrected chi connectivity index (χ1v) is 27.2. The van der Waals surface area contributed by atoms with Crippen LogP contribution < -0.4 is 0 Å². The fourth-order valence-corrected chi connectivity index (χ4v) is 8.13. The van der Waals surface area contributed by atoms with Crippen molar-refractivity contribution in [3.63, 3.8) is 0 Å². The summed E-state index contributed by atoms with van der Waals surface area (Å²) in [6.07, 6.45) is 27.8. The molecule has 0 N–H and O–H groups in total. The highest BCUT2D eigenvalue weighted by Crippen LogP contribution is 2.23. The van der Waals surface area contributed by atoms with E-state index in [1.54, 1.807) is 0 Å². The first kappa shape index (κ1) is 63.3. The average Bonchev–Trinajstić information content (AvgIpc) is 3.29. The Kier molecular flexibility index (Phi) is 39.6. The number of hydrogen-bond acceptors (Lipinski definition) is 11. The first-order chi connectivity index (χ1) is 31.6. The van der Waals surface area contributed by atoms with E-state index in [1.807, 2.05) is 20.9 Å². The maximum Gasteiger partial charge on any atom is 0.310 e. The Hall–Kier alpha value is -2.69. The molecular formula is C55H103NO10. The maximum absolute atomic E-state index is 13.2. The van der Waals surface area contributed by atoms with Crippen molar-refractivity contribution < 1.29 is 47.7 Å². The van der Waals surface area contributed by atoms with Gasteiger partial charge in [0.1, 0.15) is 13.2 Å². The van der Waals surface area contributed by atoms with Gasteiger partial charge in [0.25, 0.3) is 0 Å². The highest BCUT2D eigenvalue weighted by atomic mass is 16.6. The fourth-order valence-electron chi connectivity index (χ4n) is 8.13. The molecule has 0 radical (unpaired) electrons. The van der Waals surface area contributed by atoms with Crippen LogP contribution in [-0.2, 0) is 47.7 Å². The van der Waals surface area contributed by atoms with E-state index in [0.29, 0.717) is 25.7 Å². The maximum atomic E-state index is 13.2. The monoisotopic (exact) mass is 938 g/mol. The van der Waals surface area contributed by atoms with Crippen molar-refractivity contribution in [2.45, 2.75) is 273 Å². The normalized spacial score (nSPS) is 14.0. The highest BCUT2D eigenvalue weighted by Gasteiger charge is 2.31. The van der Waals surface area contributed by atoms with Crippen molar-refractivity contribution in [2.24, 2.45) is 17.8 Å². The third kappa shape index (κ3) is 33.7. The second kappa shape index (κ2) is 41.3. The van der Waals surface area contributed by atoms with Gasteiger partial charge in [0.05, 0.1) is 31.0 Å². The van der Waals surface area contributed by atoms with Crippen LogP contribution >= 0.6 is 0 Å². The molecule has 0 amide bonds. The van der Waals surface area contributed by atoms with Gasteiger partial charge >= 0.3 is 29.8 Å². The minimum Gasteiger partial charge on any atom is -0.465 e. The Morgan fingerprint density at radius 1 is 0.439 bits per heavy atom. The van der Waals surface area contributed by atoms with E-state index in [2.05, 4.69) is 53.4 Å². The summed E-state index contributed by atoms with van der Waals surface area (Å²) in [5, 5.41) is 0. The van der Waals surface area contributed by atoms with E-state index < -0.39 is 29.9 Å². The lowest BCUT2D eigenvalue weighted by molar-refractivity contribution is -0.169. The molecule has 11 heteroatoms. The first-order valence-electron chi connectivity index (χ1n) is 27.2. The lowest BCUT2D eigenvalue weighted by atomic mass is 9.94. The summed E-state index contributed by atoms with van der Waals surface area (Å²) in [5.41, 5.74) is -0.159. The van der Waals surface area contributed by atoms with Crippen molar-refractivity contribution >= 4 is 29.8 Å². The van der Waals surface area contributed by atoms with Crippen LogP contribution in [0.1, 0.15) is 255 Å². The Morgan fingerprint density at radius 3 is 1.21 bits per heavy atom. The van der Waals surface area contributed by atoms with Crippen molar-refractivity contribution in [3.8, 4) is 0 Å². The van der Waals surface area contributed by atoms with Crippen molar-refractivity contribution in [1.82, 2.24) is 4.90 Å². The second-order valence-electron chi connectivity index (χ2n) is 20.2. The molecule has 0 aromatic carbocycles. The molecule has 0 bridgehead atoms. The fraction of sp³-hybridized carbons (Fsp3) is 0.909. The van der Waals surface area contributed by atoms with Crippen LogP contribution in [0.3, 0.4) is 0 Å². The quantitative estimate of drug-likeness (QED) is 0.0328. The number of rotatable bonds is 44. The zero-order valence-corrected chi connectivity index (χ0v) is 44.5. The molecule has 0 aliphatic heterocycles. The lowest BCUT2D eigenvalue weighted by Crippen LogP contribution is -2.48. The summed E-state index contributed by atoms with van der Waals surface area (Å²) in [5.74, 6) is -2.29. The lowest BCUT2D eigenvalue weighted by Gasteiger charge is -2.39. The van der Waals surface area contributed by atoms with Crippen LogP contribution in [0.5, 0.6) is 0 Å². The van der Waals surface area contributed by atoms with Gasteiger partial charge in [-0.05, 0) is 86.1 Å². The number of hydrogen-bond donors (Lipinski definition) is 0. The van der Waals surface area contributed by atoms with Crippen LogP contribution in [0.25, 0.3) is 0 Å². The molecule has 0 aliphatic rings. The molecule has 5 atom stereocenters. The number of ether oxygens (including phenoxy) is 5. The van der Waals surface area contributed by atoms with Crippen LogP contribution in [-0.4, -0.2) is 85.9 Å². The summed E-state index contributed by atoms with van der Waals surface area (Å²) in [6.45, 7) is 18.8. The SMILES string of the molecule is CCCCCCCCC(CCCCCC)C(=O)OCCCCC(=O)OCC(COC(=O)C(C)C(C)N(C)C(C)(C)C)OC(=O)CCCCOC(=O)C(CCCCCC)CCCCCCCC. The van der Waals surface area contributed by atoms with E-state index in [0.717, 1.165) is 89.9 Å². The minimum absolute atomic E-state index is 0.0722. The Bertz CT molecular complexity index is 1230. The summed E-state index contributed by atoms with van der Waals surface area (Å²) in [4.78, 5) is 67.3. The average molecular weight is 938 g/mol. The zero-order chi connectivity index (χ0) is 49.4. The van der Waals surface area contributed by atoms with Gasteiger partial charge in [-0.25, -0.2) is 0 Å².